The van der Waals surface area contributed by atoms with E-state index in [9.17, 15) is 0 Å². The van der Waals surface area contributed by atoms with Gasteiger partial charge in [0.1, 0.15) is 0 Å². The molecule has 1 atom stereocenters. The highest BCUT2D eigenvalue weighted by Gasteiger charge is 2.20. The van der Waals surface area contributed by atoms with Crippen molar-refractivity contribution < 1.29 is 9.94 Å². The van der Waals surface area contributed by atoms with Gasteiger partial charge in [0, 0.05) is 5.69 Å². The lowest BCUT2D eigenvalue weighted by Crippen LogP contribution is -2.22. The summed E-state index contributed by atoms with van der Waals surface area (Å²) in [4.78, 5) is 4.64. The van der Waals surface area contributed by atoms with Gasteiger partial charge < -0.3 is 15.7 Å². The molecule has 116 valence electrons. The maximum absolute atomic E-state index is 8.98. The highest BCUT2D eigenvalue weighted by atomic mass is 16.5. The van der Waals surface area contributed by atoms with Gasteiger partial charge in [-0.2, -0.15) is 0 Å². The normalized spacial score (nSPS) is 16.7. The Kier molecular flexibility index (Phi) is 5.04. The molecule has 1 aromatic rings. The van der Waals surface area contributed by atoms with Crippen molar-refractivity contribution in [3.8, 4) is 5.88 Å². The number of amidine groups is 1. The summed E-state index contributed by atoms with van der Waals surface area (Å²) < 4.78 is 5.96. The second kappa shape index (κ2) is 6.78. The molecule has 0 aliphatic heterocycles. The summed E-state index contributed by atoms with van der Waals surface area (Å²) in [5.41, 5.74) is 8.65. The van der Waals surface area contributed by atoms with Crippen molar-refractivity contribution in [1.82, 2.24) is 4.98 Å². The molecule has 21 heavy (non-hydrogen) atoms. The fraction of sp³-hybridized carbons (Fsp3) is 0.625. The lowest BCUT2D eigenvalue weighted by molar-refractivity contribution is 0.184. The van der Waals surface area contributed by atoms with Gasteiger partial charge in [-0.05, 0) is 56.6 Å². The van der Waals surface area contributed by atoms with Gasteiger partial charge in [0.25, 0.3) is 0 Å². The number of pyridine rings is 1. The van der Waals surface area contributed by atoms with Crippen LogP contribution in [0.25, 0.3) is 0 Å². The smallest absolute Gasteiger partial charge is 0.225 e. The fourth-order valence-corrected chi connectivity index (χ4v) is 2.84. The molecule has 0 fully saturated rings. The molecule has 1 heterocycles. The van der Waals surface area contributed by atoms with E-state index in [1.165, 1.54) is 5.56 Å². The Hall–Kier alpha value is -1.78. The van der Waals surface area contributed by atoms with Crippen LogP contribution in [0.2, 0.25) is 0 Å². The summed E-state index contributed by atoms with van der Waals surface area (Å²) in [6, 6.07) is 1.97. The molecule has 5 heteroatoms. The standard InChI is InChI=1S/C16H25N3O2/c1-10(2)8-11(3)21-16-13(15(17)19-20)9-12-6-4-5-7-14(12)18-16/h9-11,20H,4-8H2,1-3H3,(H2,17,19). The van der Waals surface area contributed by atoms with Crippen molar-refractivity contribution in [1.29, 1.82) is 0 Å². The first-order valence-corrected chi connectivity index (χ1v) is 7.68. The number of fused-ring (bicyclic) bond motifs is 1. The van der Waals surface area contributed by atoms with Gasteiger partial charge in [-0.3, -0.25) is 0 Å². The van der Waals surface area contributed by atoms with Crippen molar-refractivity contribution >= 4 is 5.84 Å². The molecule has 0 saturated carbocycles. The summed E-state index contributed by atoms with van der Waals surface area (Å²) in [5.74, 6) is 1.09. The lowest BCUT2D eigenvalue weighted by atomic mass is 9.94. The number of oxime groups is 1. The van der Waals surface area contributed by atoms with Gasteiger partial charge in [-0.1, -0.05) is 19.0 Å². The van der Waals surface area contributed by atoms with Crippen molar-refractivity contribution in [3.05, 3.63) is 22.9 Å². The molecule has 1 aliphatic carbocycles. The van der Waals surface area contributed by atoms with Crippen LogP contribution < -0.4 is 10.5 Å². The molecule has 1 aromatic heterocycles. The van der Waals surface area contributed by atoms with Crippen LogP contribution in [-0.4, -0.2) is 22.1 Å². The summed E-state index contributed by atoms with van der Waals surface area (Å²) in [5, 5.41) is 12.1. The van der Waals surface area contributed by atoms with Gasteiger partial charge in [0.2, 0.25) is 5.88 Å². The quantitative estimate of drug-likeness (QED) is 0.378. The summed E-state index contributed by atoms with van der Waals surface area (Å²) in [6.07, 6.45) is 5.27. The first-order valence-electron chi connectivity index (χ1n) is 7.68. The van der Waals surface area contributed by atoms with E-state index in [0.717, 1.165) is 37.8 Å². The topological polar surface area (TPSA) is 80.7 Å². The average molecular weight is 291 g/mol. The molecule has 0 spiro atoms. The predicted octanol–water partition coefficient (Wildman–Crippen LogP) is 2.87. The Morgan fingerprint density at radius 2 is 2.10 bits per heavy atom. The maximum atomic E-state index is 8.98. The van der Waals surface area contributed by atoms with Crippen LogP contribution in [0.15, 0.2) is 11.2 Å². The second-order valence-corrected chi connectivity index (χ2v) is 6.20. The van der Waals surface area contributed by atoms with Crippen LogP contribution in [0, 0.1) is 5.92 Å². The van der Waals surface area contributed by atoms with Gasteiger partial charge in [-0.25, -0.2) is 4.98 Å². The van der Waals surface area contributed by atoms with Crippen molar-refractivity contribution in [2.45, 2.75) is 59.0 Å². The first kappa shape index (κ1) is 15.6. The number of nitrogens with two attached hydrogens (primary N) is 1. The van der Waals surface area contributed by atoms with E-state index in [-0.39, 0.29) is 11.9 Å². The lowest BCUT2D eigenvalue weighted by Gasteiger charge is -2.21. The Bertz CT molecular complexity index is 526. The molecule has 0 radical (unpaired) electrons. The van der Waals surface area contributed by atoms with E-state index in [0.29, 0.717) is 17.4 Å². The number of rotatable bonds is 5. The molecule has 0 bridgehead atoms. The van der Waals surface area contributed by atoms with Crippen LogP contribution in [-0.2, 0) is 12.8 Å². The summed E-state index contributed by atoms with van der Waals surface area (Å²) >= 11 is 0. The maximum Gasteiger partial charge on any atom is 0.225 e. The molecular weight excluding hydrogens is 266 g/mol. The highest BCUT2D eigenvalue weighted by molar-refractivity contribution is 5.99. The molecular formula is C16H25N3O2. The van der Waals surface area contributed by atoms with E-state index in [2.05, 4.69) is 24.0 Å². The monoisotopic (exact) mass is 291 g/mol. The number of nitrogens with zero attached hydrogens (tertiary/aromatic N) is 2. The minimum absolute atomic E-state index is 0.0457. The van der Waals surface area contributed by atoms with Gasteiger partial charge in [-0.15, -0.1) is 0 Å². The zero-order chi connectivity index (χ0) is 15.4. The molecule has 0 amide bonds. The van der Waals surface area contributed by atoms with Gasteiger partial charge >= 0.3 is 0 Å². The molecule has 1 aliphatic rings. The van der Waals surface area contributed by atoms with E-state index in [1.807, 2.05) is 13.0 Å². The number of hydrogen-bond acceptors (Lipinski definition) is 4. The Morgan fingerprint density at radius 1 is 1.38 bits per heavy atom. The minimum atomic E-state index is 0.0457. The molecule has 3 N–H and O–H groups in total. The third-order valence-electron chi connectivity index (χ3n) is 3.77. The number of aromatic nitrogens is 1. The number of aryl methyl sites for hydroxylation is 2. The molecule has 0 aromatic carbocycles. The van der Waals surface area contributed by atoms with Crippen LogP contribution in [0.1, 0.15) is 56.9 Å². The van der Waals surface area contributed by atoms with Gasteiger partial charge in [0.15, 0.2) is 5.84 Å². The minimum Gasteiger partial charge on any atom is -0.474 e. The third-order valence-corrected chi connectivity index (χ3v) is 3.77. The van der Waals surface area contributed by atoms with Crippen LogP contribution >= 0.6 is 0 Å². The zero-order valence-corrected chi connectivity index (χ0v) is 13.1. The first-order chi connectivity index (χ1) is 10.0. The average Bonchev–Trinajstić information content (AvgIpc) is 2.44. The van der Waals surface area contributed by atoms with Crippen molar-refractivity contribution in [2.24, 2.45) is 16.8 Å². The Balaban J connectivity index is 2.33. The van der Waals surface area contributed by atoms with Crippen molar-refractivity contribution in [2.75, 3.05) is 0 Å². The zero-order valence-electron chi connectivity index (χ0n) is 13.1. The molecule has 2 rings (SSSR count). The van der Waals surface area contributed by atoms with E-state index in [4.69, 9.17) is 15.7 Å². The summed E-state index contributed by atoms with van der Waals surface area (Å²) in [6.45, 7) is 6.34. The number of ether oxygens (including phenoxy) is 1. The van der Waals surface area contributed by atoms with Crippen LogP contribution in [0.4, 0.5) is 0 Å². The molecule has 1 unspecified atom stereocenters. The van der Waals surface area contributed by atoms with E-state index in [1.54, 1.807) is 0 Å². The van der Waals surface area contributed by atoms with E-state index < -0.39 is 0 Å². The van der Waals surface area contributed by atoms with E-state index >= 15 is 0 Å². The molecule has 0 saturated heterocycles. The Labute approximate surface area is 126 Å². The SMILES string of the molecule is CC(C)CC(C)Oc1nc2c(cc1C(N)=NO)CCCC2. The van der Waals surface area contributed by atoms with Crippen molar-refractivity contribution in [3.63, 3.8) is 0 Å². The molecule has 5 nitrogen and oxygen atoms in total. The second-order valence-electron chi connectivity index (χ2n) is 6.20. The predicted molar refractivity (Wildman–Crippen MR) is 82.9 cm³/mol. The Morgan fingerprint density at radius 3 is 2.76 bits per heavy atom. The van der Waals surface area contributed by atoms with Gasteiger partial charge in [0.05, 0.1) is 11.7 Å². The highest BCUT2D eigenvalue weighted by Crippen LogP contribution is 2.27. The van der Waals surface area contributed by atoms with Crippen LogP contribution in [0.5, 0.6) is 5.88 Å². The van der Waals surface area contributed by atoms with Crippen LogP contribution in [0.3, 0.4) is 0 Å². The summed E-state index contributed by atoms with van der Waals surface area (Å²) in [7, 11) is 0. The largest absolute Gasteiger partial charge is 0.474 e. The fourth-order valence-electron chi connectivity index (χ4n) is 2.84. The third kappa shape index (κ3) is 3.86. The number of hydrogen-bond donors (Lipinski definition) is 2.